The quantitative estimate of drug-likeness (QED) is 0.910. The van der Waals surface area contributed by atoms with Crippen molar-refractivity contribution in [1.82, 2.24) is 14.9 Å². The number of pyridine rings is 1. The number of aryl methyl sites for hydroxylation is 1. The molecule has 0 saturated carbocycles. The number of piperidine rings is 1. The second-order valence-corrected chi connectivity index (χ2v) is 5.55. The smallest absolute Gasteiger partial charge is 0.0669 e. The molecule has 1 N–H and O–H groups in total. The van der Waals surface area contributed by atoms with Crippen LogP contribution in [0.2, 0.25) is 0 Å². The van der Waals surface area contributed by atoms with Crippen LogP contribution < -0.4 is 5.32 Å². The molecule has 3 heterocycles. The first-order chi connectivity index (χ1) is 9.40. The maximum absolute atomic E-state index is 4.31. The molecule has 1 aliphatic rings. The zero-order valence-electron chi connectivity index (χ0n) is 11.7. The van der Waals surface area contributed by atoms with Crippen molar-refractivity contribution in [1.29, 1.82) is 0 Å². The van der Waals surface area contributed by atoms with Gasteiger partial charge in [0.05, 0.1) is 11.7 Å². The van der Waals surface area contributed by atoms with Gasteiger partial charge in [-0.3, -0.25) is 4.98 Å². The van der Waals surface area contributed by atoms with Crippen molar-refractivity contribution in [3.63, 3.8) is 0 Å². The van der Waals surface area contributed by atoms with Gasteiger partial charge in [0.25, 0.3) is 0 Å². The molecule has 102 valence electrons. The summed E-state index contributed by atoms with van der Waals surface area (Å²) in [5.74, 6) is 0.717. The highest BCUT2D eigenvalue weighted by Gasteiger charge is 2.19. The molecule has 0 radical (unpaired) electrons. The van der Waals surface area contributed by atoms with E-state index in [1.54, 1.807) is 0 Å². The minimum atomic E-state index is 0.717. The lowest BCUT2D eigenvalue weighted by Gasteiger charge is -2.22. The summed E-state index contributed by atoms with van der Waals surface area (Å²) in [5.41, 5.74) is 2.85. The minimum absolute atomic E-state index is 0.717. The molecule has 1 aliphatic heterocycles. The van der Waals surface area contributed by atoms with Crippen LogP contribution in [-0.4, -0.2) is 22.6 Å². The minimum Gasteiger partial charge on any atom is -0.346 e. The number of aromatic nitrogens is 2. The topological polar surface area (TPSA) is 29.9 Å². The molecule has 3 rings (SSSR count). The molecule has 1 saturated heterocycles. The predicted molar refractivity (Wildman–Crippen MR) is 79.5 cm³/mol. The summed E-state index contributed by atoms with van der Waals surface area (Å²) < 4.78 is 2.41. The first kappa shape index (κ1) is 12.7. The van der Waals surface area contributed by atoms with Gasteiger partial charge in [0.1, 0.15) is 0 Å². The number of nitrogens with zero attached hydrogens (tertiary/aromatic N) is 2. The average Bonchev–Trinajstić information content (AvgIpc) is 2.85. The summed E-state index contributed by atoms with van der Waals surface area (Å²) in [7, 11) is 0. The summed E-state index contributed by atoms with van der Waals surface area (Å²) in [5, 5.41) is 4.87. The molecule has 0 bridgehead atoms. The van der Waals surface area contributed by atoms with Gasteiger partial charge in [-0.25, -0.2) is 0 Å². The maximum Gasteiger partial charge on any atom is 0.0669 e. The van der Waals surface area contributed by atoms with Crippen molar-refractivity contribution in [3.05, 3.63) is 30.2 Å². The van der Waals surface area contributed by atoms with Gasteiger partial charge in [-0.05, 0) is 49.9 Å². The second kappa shape index (κ2) is 5.74. The summed E-state index contributed by atoms with van der Waals surface area (Å²) >= 11 is 0. The number of hydrogen-bond donors (Lipinski definition) is 1. The van der Waals surface area contributed by atoms with E-state index in [0.29, 0.717) is 5.92 Å². The van der Waals surface area contributed by atoms with Gasteiger partial charge in [-0.1, -0.05) is 13.3 Å². The zero-order chi connectivity index (χ0) is 13.1. The van der Waals surface area contributed by atoms with Crippen molar-refractivity contribution < 1.29 is 0 Å². The molecule has 0 aromatic carbocycles. The first-order valence-corrected chi connectivity index (χ1v) is 7.53. The number of unbranched alkanes of at least 4 members (excludes halogenated alkanes) is 1. The third-order valence-electron chi connectivity index (χ3n) is 4.25. The van der Waals surface area contributed by atoms with Crippen LogP contribution in [0.4, 0.5) is 0 Å². The van der Waals surface area contributed by atoms with Crippen LogP contribution in [-0.2, 0) is 6.54 Å². The van der Waals surface area contributed by atoms with E-state index in [1.807, 2.05) is 12.4 Å². The first-order valence-electron chi connectivity index (χ1n) is 7.53. The molecular weight excluding hydrogens is 234 g/mol. The van der Waals surface area contributed by atoms with E-state index in [2.05, 4.69) is 34.1 Å². The fourth-order valence-electron chi connectivity index (χ4n) is 3.14. The van der Waals surface area contributed by atoms with E-state index in [-0.39, 0.29) is 0 Å². The van der Waals surface area contributed by atoms with Crippen LogP contribution in [0.3, 0.4) is 0 Å². The SMILES string of the molecule is CCCCn1cc(C2CCNCC2)c2ccncc21. The number of rotatable bonds is 4. The van der Waals surface area contributed by atoms with Crippen molar-refractivity contribution in [2.45, 2.75) is 45.1 Å². The third kappa shape index (κ3) is 2.52. The highest BCUT2D eigenvalue weighted by molar-refractivity contribution is 5.83. The van der Waals surface area contributed by atoms with Gasteiger partial charge in [-0.2, -0.15) is 0 Å². The van der Waals surface area contributed by atoms with Crippen LogP contribution in [0, 0.1) is 0 Å². The Morgan fingerprint density at radius 3 is 3.00 bits per heavy atom. The number of hydrogen-bond acceptors (Lipinski definition) is 2. The molecule has 0 atom stereocenters. The van der Waals surface area contributed by atoms with Gasteiger partial charge in [0.2, 0.25) is 0 Å². The summed E-state index contributed by atoms with van der Waals surface area (Å²) in [6.45, 7) is 5.66. The van der Waals surface area contributed by atoms with E-state index < -0.39 is 0 Å². The molecule has 0 spiro atoms. The van der Waals surface area contributed by atoms with Gasteiger partial charge in [-0.15, -0.1) is 0 Å². The average molecular weight is 257 g/mol. The molecule has 0 aliphatic carbocycles. The number of fused-ring (bicyclic) bond motifs is 1. The van der Waals surface area contributed by atoms with Gasteiger partial charge in [0, 0.05) is 24.3 Å². The molecule has 2 aromatic rings. The van der Waals surface area contributed by atoms with Crippen LogP contribution in [0.25, 0.3) is 10.9 Å². The standard InChI is InChI=1S/C16H23N3/c1-2-3-10-19-12-15(13-4-7-17-8-5-13)14-6-9-18-11-16(14)19/h6,9,11-13,17H,2-5,7-8,10H2,1H3. The van der Waals surface area contributed by atoms with E-state index in [9.17, 15) is 0 Å². The van der Waals surface area contributed by atoms with Crippen LogP contribution >= 0.6 is 0 Å². The molecule has 0 amide bonds. The fourth-order valence-corrected chi connectivity index (χ4v) is 3.14. The number of nitrogens with one attached hydrogen (secondary N) is 1. The van der Waals surface area contributed by atoms with E-state index in [1.165, 1.54) is 42.1 Å². The van der Waals surface area contributed by atoms with E-state index >= 15 is 0 Å². The van der Waals surface area contributed by atoms with Crippen molar-refractivity contribution in [3.8, 4) is 0 Å². The summed E-state index contributed by atoms with van der Waals surface area (Å²) in [6.07, 6.45) is 11.3. The Kier molecular flexibility index (Phi) is 3.83. The van der Waals surface area contributed by atoms with Crippen molar-refractivity contribution >= 4 is 10.9 Å². The second-order valence-electron chi connectivity index (χ2n) is 5.55. The molecule has 1 fully saturated rings. The highest BCUT2D eigenvalue weighted by atomic mass is 15.0. The third-order valence-corrected chi connectivity index (χ3v) is 4.25. The van der Waals surface area contributed by atoms with Crippen LogP contribution in [0.15, 0.2) is 24.7 Å². The Bertz CT molecular complexity index is 538. The van der Waals surface area contributed by atoms with Crippen LogP contribution in [0.5, 0.6) is 0 Å². The Morgan fingerprint density at radius 1 is 1.37 bits per heavy atom. The molecule has 19 heavy (non-hydrogen) atoms. The largest absolute Gasteiger partial charge is 0.346 e. The van der Waals surface area contributed by atoms with Crippen LogP contribution in [0.1, 0.15) is 44.1 Å². The lowest BCUT2D eigenvalue weighted by atomic mass is 9.90. The van der Waals surface area contributed by atoms with E-state index in [4.69, 9.17) is 0 Å². The molecule has 2 aromatic heterocycles. The predicted octanol–water partition coefficient (Wildman–Crippen LogP) is 3.30. The lowest BCUT2D eigenvalue weighted by molar-refractivity contribution is 0.461. The molecule has 3 heteroatoms. The Labute approximate surface area is 115 Å². The Balaban J connectivity index is 1.98. The highest BCUT2D eigenvalue weighted by Crippen LogP contribution is 2.32. The van der Waals surface area contributed by atoms with Crippen molar-refractivity contribution in [2.24, 2.45) is 0 Å². The molecule has 0 unspecified atom stereocenters. The summed E-state index contributed by atoms with van der Waals surface area (Å²) in [6, 6.07) is 2.19. The fraction of sp³-hybridized carbons (Fsp3) is 0.562. The Hall–Kier alpha value is -1.35. The zero-order valence-corrected chi connectivity index (χ0v) is 11.7. The Morgan fingerprint density at radius 2 is 2.21 bits per heavy atom. The van der Waals surface area contributed by atoms with Gasteiger partial charge >= 0.3 is 0 Å². The van der Waals surface area contributed by atoms with Gasteiger partial charge < -0.3 is 9.88 Å². The molecule has 3 nitrogen and oxygen atoms in total. The van der Waals surface area contributed by atoms with E-state index in [0.717, 1.165) is 19.6 Å². The summed E-state index contributed by atoms with van der Waals surface area (Å²) in [4.78, 5) is 4.31. The monoisotopic (exact) mass is 257 g/mol. The normalized spacial score (nSPS) is 17.1. The van der Waals surface area contributed by atoms with Crippen molar-refractivity contribution in [2.75, 3.05) is 13.1 Å². The molecular formula is C16H23N3. The lowest BCUT2D eigenvalue weighted by Crippen LogP contribution is -2.26. The van der Waals surface area contributed by atoms with Gasteiger partial charge in [0.15, 0.2) is 0 Å². The maximum atomic E-state index is 4.31.